The van der Waals surface area contributed by atoms with Gasteiger partial charge in [-0.25, -0.2) is 0 Å². The second kappa shape index (κ2) is 5.53. The average molecular weight is 281 g/mol. The Morgan fingerprint density at radius 1 is 1.10 bits per heavy atom. The van der Waals surface area contributed by atoms with Crippen molar-refractivity contribution in [2.45, 2.75) is 32.9 Å². The highest BCUT2D eigenvalue weighted by molar-refractivity contribution is 5.38. The summed E-state index contributed by atoms with van der Waals surface area (Å²) in [5.41, 5.74) is 4.36. The van der Waals surface area contributed by atoms with Gasteiger partial charge in [0.15, 0.2) is 0 Å². The summed E-state index contributed by atoms with van der Waals surface area (Å²) < 4.78 is 5.44. The largest absolute Gasteiger partial charge is 0.496 e. The molecule has 3 rings (SSSR count). The molecule has 0 heterocycles. The van der Waals surface area contributed by atoms with E-state index in [9.17, 15) is 0 Å². The molecule has 0 amide bonds. The number of ether oxygens (including phenoxy) is 1. The van der Waals surface area contributed by atoms with Gasteiger partial charge in [0.25, 0.3) is 0 Å². The van der Waals surface area contributed by atoms with Crippen LogP contribution >= 0.6 is 0 Å². The van der Waals surface area contributed by atoms with Crippen molar-refractivity contribution in [2.24, 2.45) is 5.41 Å². The summed E-state index contributed by atoms with van der Waals surface area (Å²) in [7, 11) is 1.73. The zero-order chi connectivity index (χ0) is 14.9. The molecule has 2 aromatic rings. The Hall–Kier alpha value is -1.80. The Morgan fingerprint density at radius 3 is 2.62 bits per heavy atom. The summed E-state index contributed by atoms with van der Waals surface area (Å²) in [6, 6.07) is 17.4. The maximum Gasteiger partial charge on any atom is 0.123 e. The van der Waals surface area contributed by atoms with Gasteiger partial charge in [0.1, 0.15) is 5.75 Å². The lowest BCUT2D eigenvalue weighted by molar-refractivity contribution is 0.267. The van der Waals surface area contributed by atoms with Crippen LogP contribution in [0.25, 0.3) is 0 Å². The van der Waals surface area contributed by atoms with Crippen LogP contribution in [0.1, 0.15) is 36.6 Å². The molecular weight excluding hydrogens is 258 g/mol. The van der Waals surface area contributed by atoms with E-state index in [1.807, 2.05) is 12.1 Å². The molecule has 1 unspecified atom stereocenters. The Balaban J connectivity index is 1.81. The molecule has 0 radical (unpaired) electrons. The minimum Gasteiger partial charge on any atom is -0.496 e. The van der Waals surface area contributed by atoms with Crippen molar-refractivity contribution in [3.05, 3.63) is 65.2 Å². The second-order valence-corrected chi connectivity index (χ2v) is 6.49. The molecular formula is C19H23NO. The molecule has 2 heteroatoms. The van der Waals surface area contributed by atoms with Crippen LogP contribution in [0, 0.1) is 5.41 Å². The van der Waals surface area contributed by atoms with Crippen LogP contribution in [0.4, 0.5) is 0 Å². The molecule has 0 aromatic heterocycles. The molecule has 1 aliphatic carbocycles. The summed E-state index contributed by atoms with van der Waals surface area (Å²) in [6.45, 7) is 5.51. The predicted octanol–water partition coefficient (Wildman–Crippen LogP) is 4.11. The van der Waals surface area contributed by atoms with Crippen LogP contribution in [0.15, 0.2) is 48.5 Å². The average Bonchev–Trinajstić information content (AvgIpc) is 2.75. The fraction of sp³-hybridized carbons (Fsp3) is 0.368. The highest BCUT2D eigenvalue weighted by atomic mass is 16.5. The molecule has 21 heavy (non-hydrogen) atoms. The van der Waals surface area contributed by atoms with Crippen LogP contribution in [0.5, 0.6) is 5.75 Å². The monoisotopic (exact) mass is 281 g/mol. The molecule has 0 fully saturated rings. The van der Waals surface area contributed by atoms with Crippen molar-refractivity contribution in [3.63, 3.8) is 0 Å². The number of nitrogens with one attached hydrogen (secondary N) is 1. The van der Waals surface area contributed by atoms with Gasteiger partial charge in [-0.1, -0.05) is 56.3 Å². The number of para-hydroxylation sites is 1. The van der Waals surface area contributed by atoms with Gasteiger partial charge in [0.05, 0.1) is 7.11 Å². The van der Waals surface area contributed by atoms with E-state index >= 15 is 0 Å². The van der Waals surface area contributed by atoms with Crippen LogP contribution < -0.4 is 10.1 Å². The first-order valence-electron chi connectivity index (χ1n) is 7.55. The summed E-state index contributed by atoms with van der Waals surface area (Å²) in [6.07, 6.45) is 1.13. The lowest BCUT2D eigenvalue weighted by Gasteiger charge is -2.29. The number of hydrogen-bond acceptors (Lipinski definition) is 2. The van der Waals surface area contributed by atoms with Gasteiger partial charge in [-0.2, -0.15) is 0 Å². The topological polar surface area (TPSA) is 21.3 Å². The highest BCUT2D eigenvalue weighted by Gasteiger charge is 2.38. The normalized spacial score (nSPS) is 19.3. The smallest absolute Gasteiger partial charge is 0.123 e. The summed E-state index contributed by atoms with van der Waals surface area (Å²) in [4.78, 5) is 0. The molecule has 0 saturated carbocycles. The van der Waals surface area contributed by atoms with Crippen molar-refractivity contribution >= 4 is 0 Å². The van der Waals surface area contributed by atoms with E-state index in [-0.39, 0.29) is 5.41 Å². The Labute approximate surface area is 127 Å². The van der Waals surface area contributed by atoms with E-state index in [2.05, 4.69) is 55.6 Å². The first-order chi connectivity index (χ1) is 10.1. The molecule has 0 aliphatic heterocycles. The van der Waals surface area contributed by atoms with E-state index in [4.69, 9.17) is 4.74 Å². The Morgan fingerprint density at radius 2 is 1.81 bits per heavy atom. The first kappa shape index (κ1) is 14.2. The SMILES string of the molecule is COc1ccccc1CNC1c2ccccc2CC1(C)C. The number of rotatable bonds is 4. The maximum atomic E-state index is 5.44. The fourth-order valence-electron chi connectivity index (χ4n) is 3.44. The lowest BCUT2D eigenvalue weighted by atomic mass is 9.85. The summed E-state index contributed by atoms with van der Waals surface area (Å²) >= 11 is 0. The molecule has 0 spiro atoms. The molecule has 0 saturated heterocycles. The molecule has 1 atom stereocenters. The van der Waals surface area contributed by atoms with Gasteiger partial charge in [-0.05, 0) is 29.0 Å². The summed E-state index contributed by atoms with van der Waals surface area (Å²) in [5.74, 6) is 0.953. The Kier molecular flexibility index (Phi) is 3.73. The van der Waals surface area contributed by atoms with Crippen molar-refractivity contribution < 1.29 is 4.74 Å². The molecule has 2 nitrogen and oxygen atoms in total. The maximum absolute atomic E-state index is 5.44. The Bertz CT molecular complexity index is 633. The van der Waals surface area contributed by atoms with Crippen molar-refractivity contribution in [1.29, 1.82) is 0 Å². The lowest BCUT2D eigenvalue weighted by Crippen LogP contribution is -2.30. The predicted molar refractivity (Wildman–Crippen MR) is 86.5 cm³/mol. The molecule has 1 aliphatic rings. The van der Waals surface area contributed by atoms with E-state index in [0.29, 0.717) is 6.04 Å². The third-order valence-corrected chi connectivity index (χ3v) is 4.48. The van der Waals surface area contributed by atoms with Gasteiger partial charge in [-0.15, -0.1) is 0 Å². The van der Waals surface area contributed by atoms with E-state index in [1.165, 1.54) is 16.7 Å². The summed E-state index contributed by atoms with van der Waals surface area (Å²) in [5, 5.41) is 3.74. The second-order valence-electron chi connectivity index (χ2n) is 6.49. The van der Waals surface area contributed by atoms with E-state index in [1.54, 1.807) is 7.11 Å². The third-order valence-electron chi connectivity index (χ3n) is 4.48. The van der Waals surface area contributed by atoms with E-state index in [0.717, 1.165) is 18.7 Å². The van der Waals surface area contributed by atoms with Gasteiger partial charge in [-0.3, -0.25) is 0 Å². The minimum atomic E-state index is 0.242. The third kappa shape index (κ3) is 2.68. The van der Waals surface area contributed by atoms with Gasteiger partial charge in [0.2, 0.25) is 0 Å². The molecule has 2 aromatic carbocycles. The first-order valence-corrected chi connectivity index (χ1v) is 7.55. The fourth-order valence-corrected chi connectivity index (χ4v) is 3.44. The van der Waals surface area contributed by atoms with Crippen LogP contribution in [0.2, 0.25) is 0 Å². The molecule has 0 bridgehead atoms. The van der Waals surface area contributed by atoms with Crippen molar-refractivity contribution in [2.75, 3.05) is 7.11 Å². The number of hydrogen-bond donors (Lipinski definition) is 1. The zero-order valence-electron chi connectivity index (χ0n) is 13.0. The zero-order valence-corrected chi connectivity index (χ0v) is 13.0. The van der Waals surface area contributed by atoms with E-state index < -0.39 is 0 Å². The van der Waals surface area contributed by atoms with Crippen molar-refractivity contribution in [1.82, 2.24) is 5.32 Å². The number of fused-ring (bicyclic) bond motifs is 1. The van der Waals surface area contributed by atoms with Gasteiger partial charge < -0.3 is 10.1 Å². The number of benzene rings is 2. The van der Waals surface area contributed by atoms with Gasteiger partial charge in [0, 0.05) is 18.2 Å². The quantitative estimate of drug-likeness (QED) is 0.910. The van der Waals surface area contributed by atoms with Crippen LogP contribution in [0.3, 0.4) is 0 Å². The van der Waals surface area contributed by atoms with Gasteiger partial charge >= 0.3 is 0 Å². The van der Waals surface area contributed by atoms with Crippen LogP contribution in [-0.4, -0.2) is 7.11 Å². The minimum absolute atomic E-state index is 0.242. The molecule has 1 N–H and O–H groups in total. The van der Waals surface area contributed by atoms with Crippen LogP contribution in [-0.2, 0) is 13.0 Å². The van der Waals surface area contributed by atoms with Crippen molar-refractivity contribution in [3.8, 4) is 5.75 Å². The standard InChI is InChI=1S/C19H23NO/c1-19(2)12-14-8-4-6-10-16(14)18(19)20-13-15-9-5-7-11-17(15)21-3/h4-11,18,20H,12-13H2,1-3H3. The number of methoxy groups -OCH3 is 1. The molecule has 110 valence electrons. The highest BCUT2D eigenvalue weighted by Crippen LogP contribution is 2.45.